The number of hydrogen-bond acceptors (Lipinski definition) is 3. The zero-order valence-corrected chi connectivity index (χ0v) is 9.54. The van der Waals surface area contributed by atoms with Gasteiger partial charge >= 0.3 is 5.97 Å². The number of ether oxygens (including phenoxy) is 1. The maximum atomic E-state index is 13.2. The van der Waals surface area contributed by atoms with Crippen LogP contribution in [0.25, 0.3) is 0 Å². The van der Waals surface area contributed by atoms with E-state index in [4.69, 9.17) is 5.11 Å². The maximum absolute atomic E-state index is 13.2. The van der Waals surface area contributed by atoms with E-state index >= 15 is 0 Å². The molecule has 1 saturated carbocycles. The van der Waals surface area contributed by atoms with Crippen molar-refractivity contribution < 1.29 is 27.8 Å². The van der Waals surface area contributed by atoms with Crippen molar-refractivity contribution in [3.8, 4) is 5.75 Å². The highest BCUT2D eigenvalue weighted by Gasteiger charge is 2.62. The van der Waals surface area contributed by atoms with Crippen LogP contribution in [0.2, 0.25) is 0 Å². The Morgan fingerprint density at radius 2 is 2.00 bits per heavy atom. The Morgan fingerprint density at radius 3 is 2.44 bits per heavy atom. The van der Waals surface area contributed by atoms with Gasteiger partial charge in [-0.25, -0.2) is 13.2 Å². The molecule has 0 aromatic heterocycles. The topological polar surface area (TPSA) is 46.5 Å². The van der Waals surface area contributed by atoms with Gasteiger partial charge < -0.3 is 9.84 Å². The van der Waals surface area contributed by atoms with Crippen molar-refractivity contribution in [3.05, 3.63) is 29.6 Å². The number of esters is 1. The van der Waals surface area contributed by atoms with E-state index in [1.165, 1.54) is 6.07 Å². The van der Waals surface area contributed by atoms with Crippen LogP contribution in [0.4, 0.5) is 13.2 Å². The van der Waals surface area contributed by atoms with E-state index in [1.54, 1.807) is 0 Å². The van der Waals surface area contributed by atoms with Crippen LogP contribution in [0.15, 0.2) is 18.2 Å². The Bertz CT molecular complexity index is 491. The minimum absolute atomic E-state index is 0.0931. The largest absolute Gasteiger partial charge is 0.505 e. The molecule has 1 aromatic rings. The lowest BCUT2D eigenvalue weighted by molar-refractivity contribution is -0.177. The molecular weight excluding hydrogens is 249 g/mol. The highest BCUT2D eigenvalue weighted by Crippen LogP contribution is 2.54. The molecule has 0 unspecified atom stereocenters. The Balaban J connectivity index is 2.42. The monoisotopic (exact) mass is 260 g/mol. The lowest BCUT2D eigenvalue weighted by Gasteiger charge is -2.45. The van der Waals surface area contributed by atoms with Crippen molar-refractivity contribution in [2.24, 2.45) is 0 Å². The quantitative estimate of drug-likeness (QED) is 0.830. The predicted octanol–water partition coefficient (Wildman–Crippen LogP) is 2.37. The van der Waals surface area contributed by atoms with Crippen LogP contribution >= 0.6 is 0 Å². The second-order valence-electron chi connectivity index (χ2n) is 4.45. The molecule has 0 bridgehead atoms. The summed E-state index contributed by atoms with van der Waals surface area (Å²) < 4.78 is 43.8. The van der Waals surface area contributed by atoms with Crippen molar-refractivity contribution in [2.75, 3.05) is 7.11 Å². The first-order chi connectivity index (χ1) is 8.31. The van der Waals surface area contributed by atoms with E-state index in [1.807, 2.05) is 0 Å². The van der Waals surface area contributed by atoms with E-state index in [2.05, 4.69) is 4.74 Å². The van der Waals surface area contributed by atoms with Crippen LogP contribution in [0.3, 0.4) is 0 Å². The fraction of sp³-hybridized carbons (Fsp3) is 0.417. The molecule has 2 rings (SSSR count). The summed E-state index contributed by atoms with van der Waals surface area (Å²) in [6, 6.07) is 3.18. The summed E-state index contributed by atoms with van der Waals surface area (Å²) >= 11 is 0. The molecule has 1 fully saturated rings. The summed E-state index contributed by atoms with van der Waals surface area (Å²) in [5, 5.41) is 9.06. The number of benzene rings is 1. The number of hydrogen-bond donors (Lipinski definition) is 1. The van der Waals surface area contributed by atoms with E-state index in [-0.39, 0.29) is 5.56 Å². The molecule has 0 amide bonds. The molecule has 3 nitrogen and oxygen atoms in total. The smallest absolute Gasteiger partial charge is 0.316 e. The van der Waals surface area contributed by atoms with Crippen molar-refractivity contribution in [1.29, 1.82) is 0 Å². The number of rotatable bonds is 2. The van der Waals surface area contributed by atoms with Gasteiger partial charge in [-0.1, -0.05) is 6.07 Å². The Kier molecular flexibility index (Phi) is 2.76. The molecule has 1 N–H and O–H groups in total. The van der Waals surface area contributed by atoms with Gasteiger partial charge in [0.1, 0.15) is 5.41 Å². The fourth-order valence-electron chi connectivity index (χ4n) is 2.30. The van der Waals surface area contributed by atoms with Gasteiger partial charge in [0.15, 0.2) is 11.6 Å². The van der Waals surface area contributed by atoms with Crippen molar-refractivity contribution in [1.82, 2.24) is 0 Å². The van der Waals surface area contributed by atoms with Crippen LogP contribution in [0.5, 0.6) is 5.75 Å². The third kappa shape index (κ3) is 1.81. The summed E-state index contributed by atoms with van der Waals surface area (Å²) in [5.41, 5.74) is -1.43. The summed E-state index contributed by atoms with van der Waals surface area (Å²) in [7, 11) is 1.09. The number of phenolic OH excluding ortho intramolecular Hbond substituents is 1. The molecule has 0 saturated heterocycles. The lowest BCUT2D eigenvalue weighted by Crippen LogP contribution is -2.54. The summed E-state index contributed by atoms with van der Waals surface area (Å²) in [6.07, 6.45) is -1.42. The van der Waals surface area contributed by atoms with Crippen molar-refractivity contribution >= 4 is 5.97 Å². The van der Waals surface area contributed by atoms with E-state index < -0.39 is 41.7 Å². The minimum Gasteiger partial charge on any atom is -0.505 e. The average molecular weight is 260 g/mol. The molecule has 98 valence electrons. The zero-order valence-electron chi connectivity index (χ0n) is 9.54. The average Bonchev–Trinajstić information content (AvgIpc) is 2.28. The van der Waals surface area contributed by atoms with Gasteiger partial charge in [-0.3, -0.25) is 4.79 Å². The van der Waals surface area contributed by atoms with Crippen LogP contribution in [0, 0.1) is 5.82 Å². The molecule has 1 aromatic carbocycles. The van der Waals surface area contributed by atoms with Gasteiger partial charge in [0.25, 0.3) is 5.92 Å². The first-order valence-corrected chi connectivity index (χ1v) is 5.26. The van der Waals surface area contributed by atoms with Crippen LogP contribution in [-0.2, 0) is 14.9 Å². The lowest BCUT2D eigenvalue weighted by atomic mass is 9.62. The summed E-state index contributed by atoms with van der Waals surface area (Å²) in [4.78, 5) is 11.7. The summed E-state index contributed by atoms with van der Waals surface area (Å²) in [5.74, 6) is -5.32. The predicted molar refractivity (Wildman–Crippen MR) is 55.9 cm³/mol. The molecule has 0 spiro atoms. The number of carbonyl (C=O) groups is 1. The fourth-order valence-corrected chi connectivity index (χ4v) is 2.30. The van der Waals surface area contributed by atoms with Crippen LogP contribution in [-0.4, -0.2) is 24.1 Å². The van der Waals surface area contributed by atoms with E-state index in [0.717, 1.165) is 19.2 Å². The highest BCUT2D eigenvalue weighted by molar-refractivity contribution is 5.85. The normalized spacial score (nSPS) is 20.0. The number of methoxy groups -OCH3 is 1. The molecular formula is C12H11F3O3. The van der Waals surface area contributed by atoms with Crippen molar-refractivity contribution in [3.63, 3.8) is 0 Å². The first-order valence-electron chi connectivity index (χ1n) is 5.26. The van der Waals surface area contributed by atoms with Crippen LogP contribution in [0.1, 0.15) is 18.4 Å². The van der Waals surface area contributed by atoms with Gasteiger partial charge in [-0.05, 0) is 17.7 Å². The van der Waals surface area contributed by atoms with Gasteiger partial charge in [0.2, 0.25) is 0 Å². The number of alkyl halides is 2. The first kappa shape index (κ1) is 12.7. The van der Waals surface area contributed by atoms with Gasteiger partial charge in [0.05, 0.1) is 7.11 Å². The number of carbonyl (C=O) groups excluding carboxylic acids is 1. The Hall–Kier alpha value is -1.72. The van der Waals surface area contributed by atoms with E-state index in [0.29, 0.717) is 0 Å². The second kappa shape index (κ2) is 3.90. The third-order valence-corrected chi connectivity index (χ3v) is 3.20. The number of halogens is 3. The van der Waals surface area contributed by atoms with Gasteiger partial charge in [-0.15, -0.1) is 0 Å². The molecule has 1 aliphatic rings. The third-order valence-electron chi connectivity index (χ3n) is 3.20. The summed E-state index contributed by atoms with van der Waals surface area (Å²) in [6.45, 7) is 0. The second-order valence-corrected chi connectivity index (χ2v) is 4.45. The zero-order chi connectivity index (χ0) is 13.6. The van der Waals surface area contributed by atoms with Crippen molar-refractivity contribution in [2.45, 2.75) is 24.2 Å². The minimum atomic E-state index is -2.96. The Morgan fingerprint density at radius 1 is 1.39 bits per heavy atom. The maximum Gasteiger partial charge on any atom is 0.316 e. The van der Waals surface area contributed by atoms with Crippen LogP contribution < -0.4 is 0 Å². The molecule has 6 heteroatoms. The number of aromatic hydroxyl groups is 1. The molecule has 1 aliphatic carbocycles. The standard InChI is InChI=1S/C12H11F3O3/c1-18-10(17)11(5-12(14,15)6-11)7-2-3-9(16)8(13)4-7/h2-4,16H,5-6H2,1H3. The molecule has 0 aliphatic heterocycles. The van der Waals surface area contributed by atoms with Gasteiger partial charge in [-0.2, -0.15) is 0 Å². The Labute approximate surface area is 101 Å². The molecule has 18 heavy (non-hydrogen) atoms. The highest BCUT2D eigenvalue weighted by atomic mass is 19.3. The molecule has 0 atom stereocenters. The number of phenols is 1. The van der Waals surface area contributed by atoms with E-state index in [9.17, 15) is 18.0 Å². The molecule has 0 heterocycles. The van der Waals surface area contributed by atoms with Gasteiger partial charge in [0, 0.05) is 12.8 Å². The SMILES string of the molecule is COC(=O)C1(c2ccc(O)c(F)c2)CC(F)(F)C1. The molecule has 0 radical (unpaired) electrons.